The molecule has 0 spiro atoms. The molecule has 0 atom stereocenters. The van der Waals surface area contributed by atoms with Gasteiger partial charge in [0.15, 0.2) is 5.69 Å². The van der Waals surface area contributed by atoms with Crippen molar-refractivity contribution in [1.29, 1.82) is 0 Å². The second-order valence-electron chi connectivity index (χ2n) is 3.27. The summed E-state index contributed by atoms with van der Waals surface area (Å²) in [6.07, 6.45) is 0. The first-order chi connectivity index (χ1) is 8.56. The summed E-state index contributed by atoms with van der Waals surface area (Å²) < 4.78 is 0.507. The van der Waals surface area contributed by atoms with Gasteiger partial charge < -0.3 is 10.4 Å². The molecule has 2 N–H and O–H groups in total. The number of carbonyl (C=O) groups is 2. The van der Waals surface area contributed by atoms with Crippen molar-refractivity contribution in [3.05, 3.63) is 45.2 Å². The number of thiophene rings is 1. The topological polar surface area (TPSA) is 79.3 Å². The van der Waals surface area contributed by atoms with Crippen molar-refractivity contribution in [2.75, 3.05) is 5.32 Å². The minimum atomic E-state index is -1.15. The van der Waals surface area contributed by atoms with Crippen molar-refractivity contribution in [2.45, 2.75) is 0 Å². The third kappa shape index (κ3) is 2.85. The first-order valence-electron chi connectivity index (χ1n) is 4.83. The van der Waals surface area contributed by atoms with Crippen LogP contribution in [0.4, 0.5) is 5.82 Å². The predicted molar refractivity (Wildman–Crippen MR) is 68.5 cm³/mol. The van der Waals surface area contributed by atoms with Crippen LogP contribution in [0, 0.1) is 0 Å². The molecule has 5 nitrogen and oxygen atoms in total. The van der Waals surface area contributed by atoms with Gasteiger partial charge >= 0.3 is 5.97 Å². The molecule has 2 rings (SSSR count). The quantitative estimate of drug-likeness (QED) is 0.907. The van der Waals surface area contributed by atoms with Gasteiger partial charge in [0.2, 0.25) is 0 Å². The van der Waals surface area contributed by atoms with Gasteiger partial charge in [0.05, 0.1) is 9.21 Å². The highest BCUT2D eigenvalue weighted by Gasteiger charge is 2.11. The standard InChI is InChI=1S/C11H7ClN2O3S/c12-8-5-4-7(18-8)10(15)14-9-3-1-2-6(13-9)11(16)17/h1-5H,(H,16,17)(H,13,14,15). The average molecular weight is 283 g/mol. The molecule has 92 valence electrons. The van der Waals surface area contributed by atoms with Crippen LogP contribution in [0.5, 0.6) is 0 Å². The van der Waals surface area contributed by atoms with E-state index < -0.39 is 5.97 Å². The van der Waals surface area contributed by atoms with Crippen molar-refractivity contribution in [3.8, 4) is 0 Å². The lowest BCUT2D eigenvalue weighted by atomic mass is 10.3. The molecule has 2 aromatic rings. The van der Waals surface area contributed by atoms with E-state index in [1.165, 1.54) is 18.2 Å². The van der Waals surface area contributed by atoms with E-state index in [-0.39, 0.29) is 17.4 Å². The van der Waals surface area contributed by atoms with Gasteiger partial charge in [-0.15, -0.1) is 11.3 Å². The first kappa shape index (κ1) is 12.5. The van der Waals surface area contributed by atoms with E-state index in [1.807, 2.05) is 0 Å². The minimum Gasteiger partial charge on any atom is -0.477 e. The number of hydrogen-bond donors (Lipinski definition) is 2. The fourth-order valence-electron chi connectivity index (χ4n) is 1.24. The molecule has 7 heteroatoms. The Bertz CT molecular complexity index is 612. The van der Waals surface area contributed by atoms with Crippen molar-refractivity contribution < 1.29 is 14.7 Å². The molecule has 2 aromatic heterocycles. The number of halogens is 1. The van der Waals surface area contributed by atoms with E-state index in [0.29, 0.717) is 9.21 Å². The number of anilines is 1. The molecular formula is C11H7ClN2O3S. The summed E-state index contributed by atoms with van der Waals surface area (Å²) in [5, 5.41) is 11.3. The molecule has 0 aromatic carbocycles. The Morgan fingerprint density at radius 3 is 2.67 bits per heavy atom. The zero-order chi connectivity index (χ0) is 13.1. The van der Waals surface area contributed by atoms with Crippen LogP contribution in [0.15, 0.2) is 30.3 Å². The molecule has 1 amide bonds. The zero-order valence-corrected chi connectivity index (χ0v) is 10.5. The Labute approximate surface area is 111 Å². The minimum absolute atomic E-state index is 0.128. The van der Waals surface area contributed by atoms with E-state index in [9.17, 15) is 9.59 Å². The van der Waals surface area contributed by atoms with Gasteiger partial charge in [-0.3, -0.25) is 4.79 Å². The number of aromatic nitrogens is 1. The Hall–Kier alpha value is -1.92. The lowest BCUT2D eigenvalue weighted by Crippen LogP contribution is -2.12. The van der Waals surface area contributed by atoms with E-state index in [2.05, 4.69) is 10.3 Å². The van der Waals surface area contributed by atoms with Crippen molar-refractivity contribution in [3.63, 3.8) is 0 Å². The Kier molecular flexibility index (Phi) is 3.59. The van der Waals surface area contributed by atoms with E-state index in [0.717, 1.165) is 11.3 Å². The number of amides is 1. The van der Waals surface area contributed by atoms with Crippen LogP contribution in [-0.4, -0.2) is 22.0 Å². The van der Waals surface area contributed by atoms with Crippen LogP contribution in [0.25, 0.3) is 0 Å². The summed E-state index contributed by atoms with van der Waals surface area (Å²) in [6, 6.07) is 7.57. The predicted octanol–water partition coefficient (Wildman–Crippen LogP) is 2.75. The third-order valence-corrected chi connectivity index (χ3v) is 3.24. The molecule has 0 saturated heterocycles. The maximum absolute atomic E-state index is 11.8. The molecule has 0 aliphatic carbocycles. The van der Waals surface area contributed by atoms with Crippen molar-refractivity contribution in [1.82, 2.24) is 4.98 Å². The Morgan fingerprint density at radius 1 is 1.28 bits per heavy atom. The van der Waals surface area contributed by atoms with Crippen LogP contribution < -0.4 is 5.32 Å². The molecule has 2 heterocycles. The molecular weight excluding hydrogens is 276 g/mol. The fourth-order valence-corrected chi connectivity index (χ4v) is 2.18. The zero-order valence-electron chi connectivity index (χ0n) is 8.88. The molecule has 0 saturated carbocycles. The number of carboxylic acid groups (broad SMARTS) is 1. The van der Waals surface area contributed by atoms with Gasteiger partial charge in [0.1, 0.15) is 5.82 Å². The highest BCUT2D eigenvalue weighted by atomic mass is 35.5. The SMILES string of the molecule is O=C(O)c1cccc(NC(=O)c2ccc(Cl)s2)n1. The van der Waals surface area contributed by atoms with Crippen LogP contribution in [0.2, 0.25) is 4.34 Å². The van der Waals surface area contributed by atoms with Gasteiger partial charge in [-0.2, -0.15) is 0 Å². The van der Waals surface area contributed by atoms with Gasteiger partial charge in [-0.1, -0.05) is 17.7 Å². The van der Waals surface area contributed by atoms with E-state index in [4.69, 9.17) is 16.7 Å². The van der Waals surface area contributed by atoms with E-state index in [1.54, 1.807) is 12.1 Å². The van der Waals surface area contributed by atoms with Gasteiger partial charge in [0.25, 0.3) is 5.91 Å². The summed E-state index contributed by atoms with van der Waals surface area (Å²) in [7, 11) is 0. The number of hydrogen-bond acceptors (Lipinski definition) is 4. The Morgan fingerprint density at radius 2 is 2.06 bits per heavy atom. The number of carbonyl (C=O) groups excluding carboxylic acids is 1. The maximum Gasteiger partial charge on any atom is 0.354 e. The van der Waals surface area contributed by atoms with E-state index >= 15 is 0 Å². The number of rotatable bonds is 3. The normalized spacial score (nSPS) is 10.1. The van der Waals surface area contributed by atoms with Crippen LogP contribution in [0.1, 0.15) is 20.2 Å². The Balaban J connectivity index is 2.16. The van der Waals surface area contributed by atoms with Gasteiger partial charge in [-0.25, -0.2) is 9.78 Å². The second-order valence-corrected chi connectivity index (χ2v) is 4.99. The molecule has 0 fully saturated rings. The summed E-state index contributed by atoms with van der Waals surface area (Å²) in [5.74, 6) is -1.34. The van der Waals surface area contributed by atoms with Gasteiger partial charge in [0, 0.05) is 0 Å². The van der Waals surface area contributed by atoms with Crippen LogP contribution in [0.3, 0.4) is 0 Å². The summed E-state index contributed by atoms with van der Waals surface area (Å²) in [6.45, 7) is 0. The largest absolute Gasteiger partial charge is 0.477 e. The smallest absolute Gasteiger partial charge is 0.354 e. The summed E-state index contributed by atoms with van der Waals surface area (Å²) in [4.78, 5) is 26.7. The average Bonchev–Trinajstić information content (AvgIpc) is 2.76. The third-order valence-electron chi connectivity index (χ3n) is 2.01. The number of nitrogens with zero attached hydrogens (tertiary/aromatic N) is 1. The number of carboxylic acids is 1. The van der Waals surface area contributed by atoms with Gasteiger partial charge in [-0.05, 0) is 24.3 Å². The summed E-state index contributed by atoms with van der Waals surface area (Å²) in [5.41, 5.74) is -0.128. The maximum atomic E-state index is 11.8. The molecule has 0 radical (unpaired) electrons. The highest BCUT2D eigenvalue weighted by Crippen LogP contribution is 2.22. The van der Waals surface area contributed by atoms with Crippen molar-refractivity contribution >= 4 is 40.6 Å². The summed E-state index contributed by atoms with van der Waals surface area (Å²) >= 11 is 6.85. The number of aromatic carboxylic acids is 1. The molecule has 0 aliphatic heterocycles. The molecule has 0 bridgehead atoms. The first-order valence-corrected chi connectivity index (χ1v) is 6.03. The number of pyridine rings is 1. The molecule has 0 aliphatic rings. The monoisotopic (exact) mass is 282 g/mol. The van der Waals surface area contributed by atoms with Crippen molar-refractivity contribution in [2.24, 2.45) is 0 Å². The van der Waals surface area contributed by atoms with Crippen LogP contribution in [-0.2, 0) is 0 Å². The molecule has 0 unspecified atom stereocenters. The lowest BCUT2D eigenvalue weighted by molar-refractivity contribution is 0.0690. The fraction of sp³-hybridized carbons (Fsp3) is 0. The highest BCUT2D eigenvalue weighted by molar-refractivity contribution is 7.18. The van der Waals surface area contributed by atoms with Crippen LogP contribution >= 0.6 is 22.9 Å². The second kappa shape index (κ2) is 5.16. The number of nitrogens with one attached hydrogen (secondary N) is 1. The molecule has 18 heavy (non-hydrogen) atoms. The lowest BCUT2D eigenvalue weighted by Gasteiger charge is -2.03.